The van der Waals surface area contributed by atoms with Crippen molar-refractivity contribution in [1.82, 2.24) is 4.37 Å². The maximum absolute atomic E-state index is 5.34. The quantitative estimate of drug-likeness (QED) is 0.851. The van der Waals surface area contributed by atoms with Gasteiger partial charge in [0.1, 0.15) is 0 Å². The summed E-state index contributed by atoms with van der Waals surface area (Å²) in [5.74, 6) is 1.91. The minimum absolute atomic E-state index is 0.603. The zero-order valence-electron chi connectivity index (χ0n) is 10.8. The molecule has 0 saturated carbocycles. The summed E-state index contributed by atoms with van der Waals surface area (Å²) in [5.41, 5.74) is 2.15. The van der Waals surface area contributed by atoms with Crippen molar-refractivity contribution in [3.05, 3.63) is 23.9 Å². The molecule has 4 nitrogen and oxygen atoms in total. The fourth-order valence-corrected chi connectivity index (χ4v) is 2.52. The van der Waals surface area contributed by atoms with E-state index in [9.17, 15) is 0 Å². The third-order valence-electron chi connectivity index (χ3n) is 2.68. The normalized spacial score (nSPS) is 10.2. The first kappa shape index (κ1) is 12.7. The molecule has 1 aromatic heterocycles. The van der Waals surface area contributed by atoms with Crippen molar-refractivity contribution in [3.8, 4) is 27.7 Å². The molecule has 0 fully saturated rings. The monoisotopic (exact) mass is 265 g/mol. The molecule has 0 aliphatic heterocycles. The molecular weight excluding hydrogens is 250 g/mol. The zero-order chi connectivity index (χ0) is 13.1. The number of rotatable bonds is 4. The lowest BCUT2D eigenvalue weighted by Gasteiger charge is -2.13. The second-order valence-corrected chi connectivity index (χ2v) is 4.55. The Morgan fingerprint density at radius 2 is 1.61 bits per heavy atom. The predicted octanol–water partition coefficient (Wildman–Crippen LogP) is 3.14. The number of benzene rings is 1. The van der Waals surface area contributed by atoms with Gasteiger partial charge in [0.05, 0.1) is 26.2 Å². The Balaban J connectivity index is 2.60. The summed E-state index contributed by atoms with van der Waals surface area (Å²) in [6, 6.07) is 3.86. The van der Waals surface area contributed by atoms with E-state index in [4.69, 9.17) is 14.2 Å². The molecular formula is C13H15NO3S. The molecule has 1 aromatic carbocycles. The molecule has 0 atom stereocenters. The van der Waals surface area contributed by atoms with Gasteiger partial charge in [0.2, 0.25) is 5.75 Å². The van der Waals surface area contributed by atoms with Gasteiger partial charge < -0.3 is 14.2 Å². The molecule has 0 amide bonds. The highest BCUT2D eigenvalue weighted by molar-refractivity contribution is 7.09. The number of aryl methyl sites for hydroxylation is 1. The first-order valence-electron chi connectivity index (χ1n) is 5.43. The molecule has 0 spiro atoms. The molecule has 96 valence electrons. The van der Waals surface area contributed by atoms with Gasteiger partial charge in [0.25, 0.3) is 0 Å². The van der Waals surface area contributed by atoms with E-state index in [-0.39, 0.29) is 0 Å². The summed E-state index contributed by atoms with van der Waals surface area (Å²) in [6.07, 6.45) is 1.85. The van der Waals surface area contributed by atoms with Crippen molar-refractivity contribution in [2.75, 3.05) is 21.3 Å². The number of hydrogen-bond acceptors (Lipinski definition) is 5. The van der Waals surface area contributed by atoms with Crippen molar-refractivity contribution < 1.29 is 14.2 Å². The van der Waals surface area contributed by atoms with Crippen LogP contribution in [0.1, 0.15) is 5.56 Å². The van der Waals surface area contributed by atoms with Crippen LogP contribution in [0, 0.1) is 6.92 Å². The maximum Gasteiger partial charge on any atom is 0.203 e. The van der Waals surface area contributed by atoms with Gasteiger partial charge in [-0.3, -0.25) is 0 Å². The third-order valence-corrected chi connectivity index (χ3v) is 3.63. The van der Waals surface area contributed by atoms with E-state index in [1.807, 2.05) is 25.3 Å². The SMILES string of the molecule is COc1cc(-c2sncc2C)cc(OC)c1OC. The molecule has 18 heavy (non-hydrogen) atoms. The highest BCUT2D eigenvalue weighted by Gasteiger charge is 2.15. The lowest BCUT2D eigenvalue weighted by Crippen LogP contribution is -1.95. The van der Waals surface area contributed by atoms with E-state index in [2.05, 4.69) is 4.37 Å². The Labute approximate surface area is 110 Å². The molecule has 2 aromatic rings. The van der Waals surface area contributed by atoms with Gasteiger partial charge in [-0.25, -0.2) is 4.37 Å². The summed E-state index contributed by atoms with van der Waals surface area (Å²) < 4.78 is 20.2. The van der Waals surface area contributed by atoms with Crippen LogP contribution in [-0.2, 0) is 0 Å². The van der Waals surface area contributed by atoms with Gasteiger partial charge in [-0.2, -0.15) is 0 Å². The van der Waals surface area contributed by atoms with E-state index >= 15 is 0 Å². The van der Waals surface area contributed by atoms with Crippen LogP contribution in [0.15, 0.2) is 18.3 Å². The molecule has 0 aliphatic carbocycles. The third kappa shape index (κ3) is 2.13. The second-order valence-electron chi connectivity index (χ2n) is 3.75. The van der Waals surface area contributed by atoms with Crippen LogP contribution < -0.4 is 14.2 Å². The Morgan fingerprint density at radius 1 is 1.00 bits per heavy atom. The Morgan fingerprint density at radius 3 is 2.00 bits per heavy atom. The van der Waals surface area contributed by atoms with Crippen LogP contribution in [0.25, 0.3) is 10.4 Å². The van der Waals surface area contributed by atoms with Crippen LogP contribution in [0.5, 0.6) is 17.2 Å². The fraction of sp³-hybridized carbons (Fsp3) is 0.308. The molecule has 0 bridgehead atoms. The minimum atomic E-state index is 0.603. The smallest absolute Gasteiger partial charge is 0.203 e. The standard InChI is InChI=1S/C13H15NO3S/c1-8-7-14-18-13(8)9-5-10(15-2)12(17-4)11(6-9)16-3/h5-7H,1-4H3. The van der Waals surface area contributed by atoms with Crippen LogP contribution in [0.3, 0.4) is 0 Å². The summed E-state index contributed by atoms with van der Waals surface area (Å²) in [6.45, 7) is 2.03. The summed E-state index contributed by atoms with van der Waals surface area (Å²) in [7, 11) is 4.82. The molecule has 0 radical (unpaired) electrons. The van der Waals surface area contributed by atoms with Gasteiger partial charge in [0, 0.05) is 11.8 Å². The highest BCUT2D eigenvalue weighted by Crippen LogP contribution is 2.42. The summed E-state index contributed by atoms with van der Waals surface area (Å²) in [4.78, 5) is 1.11. The highest BCUT2D eigenvalue weighted by atomic mass is 32.1. The van der Waals surface area contributed by atoms with Crippen LogP contribution in [0.2, 0.25) is 0 Å². The van der Waals surface area contributed by atoms with Crippen molar-refractivity contribution in [2.45, 2.75) is 6.92 Å². The Hall–Kier alpha value is -1.75. The minimum Gasteiger partial charge on any atom is -0.493 e. The Kier molecular flexibility index (Phi) is 3.72. The lowest BCUT2D eigenvalue weighted by atomic mass is 10.1. The first-order valence-corrected chi connectivity index (χ1v) is 6.20. The van der Waals surface area contributed by atoms with E-state index < -0.39 is 0 Å². The van der Waals surface area contributed by atoms with Gasteiger partial charge in [-0.1, -0.05) is 0 Å². The van der Waals surface area contributed by atoms with Gasteiger partial charge in [-0.15, -0.1) is 0 Å². The van der Waals surface area contributed by atoms with Gasteiger partial charge >= 0.3 is 0 Å². The average molecular weight is 265 g/mol. The molecule has 0 N–H and O–H groups in total. The van der Waals surface area contributed by atoms with E-state index in [0.29, 0.717) is 17.2 Å². The molecule has 2 rings (SSSR count). The Bertz CT molecular complexity index is 526. The van der Waals surface area contributed by atoms with Crippen molar-refractivity contribution in [2.24, 2.45) is 0 Å². The summed E-state index contributed by atoms with van der Waals surface area (Å²) >= 11 is 1.45. The maximum atomic E-state index is 5.34. The van der Waals surface area contributed by atoms with Crippen molar-refractivity contribution >= 4 is 11.5 Å². The molecule has 0 unspecified atom stereocenters. The fourth-order valence-electron chi connectivity index (χ4n) is 1.78. The van der Waals surface area contributed by atoms with Gasteiger partial charge in [0.15, 0.2) is 11.5 Å². The second kappa shape index (κ2) is 5.27. The van der Waals surface area contributed by atoms with Crippen molar-refractivity contribution in [3.63, 3.8) is 0 Å². The van der Waals surface area contributed by atoms with E-state index in [1.165, 1.54) is 11.5 Å². The number of ether oxygens (including phenoxy) is 3. The van der Waals surface area contributed by atoms with Crippen LogP contribution >= 0.6 is 11.5 Å². The summed E-state index contributed by atoms with van der Waals surface area (Å²) in [5, 5.41) is 0. The van der Waals surface area contributed by atoms with E-state index in [1.54, 1.807) is 21.3 Å². The largest absolute Gasteiger partial charge is 0.493 e. The average Bonchev–Trinajstić information content (AvgIpc) is 2.83. The first-order chi connectivity index (χ1) is 8.71. The number of methoxy groups -OCH3 is 3. The van der Waals surface area contributed by atoms with Crippen molar-refractivity contribution in [1.29, 1.82) is 0 Å². The number of aromatic nitrogens is 1. The van der Waals surface area contributed by atoms with E-state index in [0.717, 1.165) is 16.0 Å². The molecule has 1 heterocycles. The topological polar surface area (TPSA) is 40.6 Å². The lowest BCUT2D eigenvalue weighted by molar-refractivity contribution is 0.324. The predicted molar refractivity (Wildman–Crippen MR) is 71.9 cm³/mol. The number of hydrogen-bond donors (Lipinski definition) is 0. The number of nitrogens with zero attached hydrogens (tertiary/aromatic N) is 1. The zero-order valence-corrected chi connectivity index (χ0v) is 11.6. The molecule has 0 saturated heterocycles. The molecule has 0 aliphatic rings. The van der Waals surface area contributed by atoms with Gasteiger partial charge in [-0.05, 0) is 36.2 Å². The van der Waals surface area contributed by atoms with Crippen LogP contribution in [0.4, 0.5) is 0 Å². The molecule has 5 heteroatoms. The van der Waals surface area contributed by atoms with Crippen LogP contribution in [-0.4, -0.2) is 25.7 Å².